The number of methoxy groups -OCH3 is 2. The molecular formula is C27H28N2O6S. The van der Waals surface area contributed by atoms with E-state index >= 15 is 0 Å². The lowest BCUT2D eigenvalue weighted by Gasteiger charge is -2.24. The van der Waals surface area contributed by atoms with Gasteiger partial charge in [0, 0.05) is 5.56 Å². The van der Waals surface area contributed by atoms with Crippen molar-refractivity contribution in [3.8, 4) is 17.2 Å². The van der Waals surface area contributed by atoms with Crippen LogP contribution >= 0.6 is 11.3 Å². The number of thiazole rings is 1. The molecule has 2 heterocycles. The monoisotopic (exact) mass is 508 g/mol. The number of fused-ring (bicyclic) bond motifs is 1. The Kier molecular flexibility index (Phi) is 7.59. The standard InChI is InChI=1S/C27H28N2O6S/c1-6-34-19-10-8-17(9-11-19)24-23(26(31)35-7-2)16(3)28-27-29(24)25(30)22(36-27)15-18-14-20(32-4)12-13-21(18)33-5/h8-15,24H,6-7H2,1-5H3/b22-15-. The van der Waals surface area contributed by atoms with Crippen LogP contribution in [-0.4, -0.2) is 38.0 Å². The predicted molar refractivity (Wildman–Crippen MR) is 138 cm³/mol. The SMILES string of the molecule is CCOC(=O)C1=C(C)N=c2s/c(=C\c3cc(OC)ccc3OC)c(=O)n2C1c1ccc(OCC)cc1. The summed E-state index contributed by atoms with van der Waals surface area (Å²) >= 11 is 1.25. The summed E-state index contributed by atoms with van der Waals surface area (Å²) < 4.78 is 23.7. The molecule has 9 heteroatoms. The Morgan fingerprint density at radius 3 is 2.42 bits per heavy atom. The van der Waals surface area contributed by atoms with Crippen molar-refractivity contribution in [2.45, 2.75) is 26.8 Å². The first-order valence-corrected chi connectivity index (χ1v) is 12.4. The number of hydrogen-bond acceptors (Lipinski definition) is 8. The van der Waals surface area contributed by atoms with Crippen LogP contribution in [0, 0.1) is 0 Å². The number of ether oxygens (including phenoxy) is 4. The van der Waals surface area contributed by atoms with Gasteiger partial charge in [0.2, 0.25) is 0 Å². The van der Waals surface area contributed by atoms with Gasteiger partial charge in [0.15, 0.2) is 4.80 Å². The number of carbonyl (C=O) groups excluding carboxylic acids is 1. The van der Waals surface area contributed by atoms with Crippen LogP contribution in [0.5, 0.6) is 17.2 Å². The van der Waals surface area contributed by atoms with Gasteiger partial charge in [0.1, 0.15) is 17.2 Å². The predicted octanol–water partition coefficient (Wildman–Crippen LogP) is 3.21. The number of esters is 1. The van der Waals surface area contributed by atoms with E-state index in [1.165, 1.54) is 11.3 Å². The Labute approximate surface area is 212 Å². The molecular weight excluding hydrogens is 480 g/mol. The maximum absolute atomic E-state index is 13.8. The molecule has 0 N–H and O–H groups in total. The highest BCUT2D eigenvalue weighted by atomic mass is 32.1. The molecule has 0 aliphatic carbocycles. The highest BCUT2D eigenvalue weighted by Gasteiger charge is 2.33. The molecule has 0 fully saturated rings. The Hall–Kier alpha value is -3.85. The lowest BCUT2D eigenvalue weighted by molar-refractivity contribution is -0.139. The zero-order valence-corrected chi connectivity index (χ0v) is 21.7. The van der Waals surface area contributed by atoms with E-state index in [4.69, 9.17) is 18.9 Å². The highest BCUT2D eigenvalue weighted by molar-refractivity contribution is 7.07. The summed E-state index contributed by atoms with van der Waals surface area (Å²) in [7, 11) is 3.15. The van der Waals surface area contributed by atoms with E-state index in [1.54, 1.807) is 56.9 Å². The number of rotatable bonds is 8. The summed E-state index contributed by atoms with van der Waals surface area (Å²) in [4.78, 5) is 31.9. The topological polar surface area (TPSA) is 88.4 Å². The van der Waals surface area contributed by atoms with E-state index in [0.717, 1.165) is 5.56 Å². The minimum absolute atomic E-state index is 0.214. The molecule has 1 unspecified atom stereocenters. The van der Waals surface area contributed by atoms with Crippen molar-refractivity contribution >= 4 is 23.4 Å². The van der Waals surface area contributed by atoms with E-state index in [-0.39, 0.29) is 12.2 Å². The molecule has 1 atom stereocenters. The highest BCUT2D eigenvalue weighted by Crippen LogP contribution is 2.32. The average molecular weight is 509 g/mol. The van der Waals surface area contributed by atoms with E-state index in [2.05, 4.69) is 4.99 Å². The summed E-state index contributed by atoms with van der Waals surface area (Å²) in [5, 5.41) is 0. The van der Waals surface area contributed by atoms with Gasteiger partial charge in [-0.1, -0.05) is 23.5 Å². The van der Waals surface area contributed by atoms with Gasteiger partial charge in [-0.25, -0.2) is 9.79 Å². The molecule has 0 spiro atoms. The van der Waals surface area contributed by atoms with Crippen LogP contribution in [0.4, 0.5) is 0 Å². The second-order valence-electron chi connectivity index (χ2n) is 7.91. The van der Waals surface area contributed by atoms with Crippen LogP contribution in [0.2, 0.25) is 0 Å². The van der Waals surface area contributed by atoms with Crippen molar-refractivity contribution in [3.63, 3.8) is 0 Å². The largest absolute Gasteiger partial charge is 0.497 e. The maximum Gasteiger partial charge on any atom is 0.338 e. The summed E-state index contributed by atoms with van der Waals surface area (Å²) in [6.07, 6.45) is 1.75. The van der Waals surface area contributed by atoms with Crippen molar-refractivity contribution in [1.82, 2.24) is 4.57 Å². The molecule has 188 valence electrons. The number of benzene rings is 2. The fourth-order valence-corrected chi connectivity index (χ4v) is 5.15. The molecule has 1 aliphatic heterocycles. The van der Waals surface area contributed by atoms with Gasteiger partial charge in [0.05, 0.1) is 49.3 Å². The normalized spacial score (nSPS) is 15.2. The summed E-state index contributed by atoms with van der Waals surface area (Å²) in [6.45, 7) is 6.17. The summed E-state index contributed by atoms with van der Waals surface area (Å²) in [6, 6.07) is 12.1. The number of nitrogens with zero attached hydrogens (tertiary/aromatic N) is 2. The van der Waals surface area contributed by atoms with Crippen LogP contribution in [-0.2, 0) is 9.53 Å². The van der Waals surface area contributed by atoms with E-state index in [0.29, 0.717) is 50.0 Å². The summed E-state index contributed by atoms with van der Waals surface area (Å²) in [5.74, 6) is 1.45. The number of hydrogen-bond donors (Lipinski definition) is 0. The van der Waals surface area contributed by atoms with Crippen LogP contribution in [0.1, 0.15) is 37.9 Å². The number of carbonyl (C=O) groups is 1. The molecule has 0 saturated heterocycles. The molecule has 8 nitrogen and oxygen atoms in total. The molecule has 1 aromatic heterocycles. The van der Waals surface area contributed by atoms with Crippen LogP contribution in [0.3, 0.4) is 0 Å². The molecule has 3 aromatic rings. The van der Waals surface area contributed by atoms with Gasteiger partial charge in [0.25, 0.3) is 5.56 Å². The molecule has 2 aromatic carbocycles. The van der Waals surface area contributed by atoms with E-state index in [1.807, 2.05) is 31.2 Å². The smallest absolute Gasteiger partial charge is 0.338 e. The van der Waals surface area contributed by atoms with Crippen LogP contribution in [0.25, 0.3) is 6.08 Å². The number of allylic oxidation sites excluding steroid dienone is 1. The Morgan fingerprint density at radius 2 is 1.78 bits per heavy atom. The Morgan fingerprint density at radius 1 is 1.06 bits per heavy atom. The molecule has 1 aliphatic rings. The van der Waals surface area contributed by atoms with Gasteiger partial charge in [-0.3, -0.25) is 9.36 Å². The fraction of sp³-hybridized carbons (Fsp3) is 0.296. The first-order chi connectivity index (χ1) is 17.4. The minimum Gasteiger partial charge on any atom is -0.497 e. The molecule has 36 heavy (non-hydrogen) atoms. The molecule has 0 radical (unpaired) electrons. The van der Waals surface area contributed by atoms with E-state index in [9.17, 15) is 9.59 Å². The van der Waals surface area contributed by atoms with Gasteiger partial charge < -0.3 is 18.9 Å². The maximum atomic E-state index is 13.8. The zero-order valence-electron chi connectivity index (χ0n) is 20.9. The third-order valence-corrected chi connectivity index (χ3v) is 6.73. The second kappa shape index (κ2) is 10.8. The second-order valence-corrected chi connectivity index (χ2v) is 8.92. The van der Waals surface area contributed by atoms with E-state index < -0.39 is 12.0 Å². The Bertz CT molecular complexity index is 1480. The van der Waals surface area contributed by atoms with Gasteiger partial charge in [-0.15, -0.1) is 0 Å². The Balaban J connectivity index is 1.93. The molecule has 0 bridgehead atoms. The zero-order chi connectivity index (χ0) is 25.8. The van der Waals surface area contributed by atoms with Gasteiger partial charge >= 0.3 is 5.97 Å². The van der Waals surface area contributed by atoms with Crippen molar-refractivity contribution in [2.24, 2.45) is 4.99 Å². The van der Waals surface area contributed by atoms with Gasteiger partial charge in [-0.05, 0) is 62.7 Å². The van der Waals surface area contributed by atoms with Crippen molar-refractivity contribution in [1.29, 1.82) is 0 Å². The molecule has 0 amide bonds. The summed E-state index contributed by atoms with van der Waals surface area (Å²) in [5.41, 5.74) is 2.03. The molecule has 4 rings (SSSR count). The number of aromatic nitrogens is 1. The molecule has 0 saturated carbocycles. The van der Waals surface area contributed by atoms with Gasteiger partial charge in [-0.2, -0.15) is 0 Å². The van der Waals surface area contributed by atoms with Crippen LogP contribution < -0.4 is 29.1 Å². The fourth-order valence-electron chi connectivity index (χ4n) is 4.11. The lowest BCUT2D eigenvalue weighted by Crippen LogP contribution is -2.39. The lowest BCUT2D eigenvalue weighted by atomic mass is 9.96. The third kappa shape index (κ3) is 4.79. The quantitative estimate of drug-likeness (QED) is 0.434. The van der Waals surface area contributed by atoms with Crippen LogP contribution in [0.15, 0.2) is 63.5 Å². The first kappa shape index (κ1) is 25.2. The first-order valence-electron chi connectivity index (χ1n) is 11.6. The average Bonchev–Trinajstić information content (AvgIpc) is 3.18. The van der Waals surface area contributed by atoms with Crippen molar-refractivity contribution in [2.75, 3.05) is 27.4 Å². The minimum atomic E-state index is -0.690. The van der Waals surface area contributed by atoms with Crippen molar-refractivity contribution in [3.05, 3.63) is 84.5 Å². The van der Waals surface area contributed by atoms with Crippen molar-refractivity contribution < 1.29 is 23.7 Å². The third-order valence-electron chi connectivity index (χ3n) is 5.75.